The molecular weight excluding hydrogens is 1720 g/mol. The summed E-state index contributed by atoms with van der Waals surface area (Å²) < 4.78 is 328. The lowest BCUT2D eigenvalue weighted by atomic mass is 10.1. The van der Waals surface area contributed by atoms with E-state index >= 15 is 0 Å². The summed E-state index contributed by atoms with van der Waals surface area (Å²) >= 11 is 18.5. The number of aromatic nitrogens is 15. The summed E-state index contributed by atoms with van der Waals surface area (Å²) in [7, 11) is 4.65. The molecule has 6 heterocycles. The Balaban J connectivity index is 0.000000188. The molecule has 0 unspecified atom stereocenters. The zero-order valence-corrected chi connectivity index (χ0v) is 62.4. The van der Waals surface area contributed by atoms with Crippen LogP contribution in [-0.2, 0) is 91.2 Å². The van der Waals surface area contributed by atoms with Gasteiger partial charge in [0.2, 0.25) is 5.82 Å². The molecule has 4 N–H and O–H groups in total. The summed E-state index contributed by atoms with van der Waals surface area (Å²) in [6.07, 6.45) is -36.0. The highest BCUT2D eigenvalue weighted by molar-refractivity contribution is 6.35. The van der Waals surface area contributed by atoms with Crippen molar-refractivity contribution in [3.05, 3.63) is 228 Å². The summed E-state index contributed by atoms with van der Waals surface area (Å²) in [5, 5.41) is 30.3. The third-order valence-corrected chi connectivity index (χ3v) is 17.9. The van der Waals surface area contributed by atoms with Crippen LogP contribution in [0.3, 0.4) is 0 Å². The van der Waals surface area contributed by atoms with Crippen molar-refractivity contribution in [2.75, 3.05) is 0 Å². The van der Waals surface area contributed by atoms with Crippen molar-refractivity contribution in [1.82, 2.24) is 90.0 Å². The number of hydrogen-bond donors (Lipinski definition) is 4. The Hall–Kier alpha value is -12.0. The summed E-state index contributed by atoms with van der Waals surface area (Å²) in [6, 6.07) is 38.5. The number of rotatable bonds is 18. The van der Waals surface area contributed by atoms with Crippen LogP contribution < -0.4 is 16.0 Å². The Morgan fingerprint density at radius 1 is 0.345 bits per heavy atom. The summed E-state index contributed by atoms with van der Waals surface area (Å²) in [6.45, 7) is 0.494. The molecule has 119 heavy (non-hydrogen) atoms. The molecule has 0 bridgehead atoms. The van der Waals surface area contributed by atoms with Gasteiger partial charge in [0, 0.05) is 71.6 Å². The van der Waals surface area contributed by atoms with E-state index in [0.29, 0.717) is 0 Å². The fourth-order valence-electron chi connectivity index (χ4n) is 11.3. The smallest absolute Gasteiger partial charge is 0.348 e. The number of benzene rings is 6. The molecule has 0 saturated carbocycles. The first-order valence-corrected chi connectivity index (χ1v) is 34.2. The van der Waals surface area contributed by atoms with Crippen LogP contribution in [-0.4, -0.2) is 110 Å². The Bertz CT molecular complexity index is 5730. The maximum Gasteiger partial charge on any atom is 0.459 e. The second-order valence-corrected chi connectivity index (χ2v) is 26.4. The second-order valence-electron chi connectivity index (χ2n) is 25.2. The lowest BCUT2D eigenvalue weighted by Crippen LogP contribution is -2.36. The summed E-state index contributed by atoms with van der Waals surface area (Å²) in [5.74, 6) is -22.5. The normalized spacial score (nSPS) is 12.6. The molecule has 0 fully saturated rings. The molecule has 0 spiro atoms. The van der Waals surface area contributed by atoms with E-state index in [1.807, 2.05) is 0 Å². The van der Waals surface area contributed by atoms with Crippen molar-refractivity contribution in [1.29, 1.82) is 0 Å². The van der Waals surface area contributed by atoms with Crippen LogP contribution in [0.5, 0.6) is 0 Å². The molecule has 0 saturated heterocycles. The number of nitrogens with zero attached hydrogens (tertiary/aromatic N) is 14. The molecule has 0 radical (unpaired) electrons. The quantitative estimate of drug-likeness (QED) is 0.0586. The van der Waals surface area contributed by atoms with E-state index in [-0.39, 0.29) is 99.6 Å². The van der Waals surface area contributed by atoms with Crippen molar-refractivity contribution in [3.8, 4) is 68.7 Å². The van der Waals surface area contributed by atoms with Crippen molar-refractivity contribution in [2.24, 2.45) is 35.2 Å². The minimum absolute atomic E-state index is 0.0109. The average Bonchev–Trinajstić information content (AvgIpc) is 1.60. The third-order valence-electron chi connectivity index (χ3n) is 16.9. The first-order valence-electron chi connectivity index (χ1n) is 33.0. The van der Waals surface area contributed by atoms with E-state index in [2.05, 4.69) is 66.6 Å². The van der Waals surface area contributed by atoms with Crippen molar-refractivity contribution in [2.45, 2.75) is 74.5 Å². The number of alkyl halides is 24. The molecule has 12 aromatic rings. The van der Waals surface area contributed by atoms with Crippen LogP contribution in [0.2, 0.25) is 15.1 Å². The number of aromatic amines is 1. The zero-order valence-electron chi connectivity index (χ0n) is 60.2. The number of H-pyrrole nitrogens is 1. The van der Waals surface area contributed by atoms with E-state index in [4.69, 9.17) is 34.8 Å². The largest absolute Gasteiger partial charge is 0.459 e. The van der Waals surface area contributed by atoms with Crippen molar-refractivity contribution in [3.63, 3.8) is 0 Å². The standard InChI is InChI=1S/2C24H17ClF8N6O.C23H15ClF8N6O/c1-38-17(16(23(28,29)30)18(36-38)22(26,27)24(31,32)33)19-35-20(39(2)37-19)13-8-9-15(25)14(10-13)21(40)34-11-12-6-4-3-5-7-12;1-38-17(16(23(28,29)30)18(36-38)22(26,27)24(31,32)33)20-35-19(37-39(20)2)13-8-9-15(25)14(10-13)21(40)34-11-12-6-4-3-5-7-12;1-38-16(15(22(27,28)29)17(37-38)21(25,26)23(30,31)32)19-34-18(35-36-19)12-7-8-14(24)13(9-12)20(39)33-10-11-5-3-2-4-6-11/h2*3-10H,11H2,1-2H3,(H,34,40);2-9H,10H2,1H3,(H,33,39)(H,34,35,36). The molecule has 48 heteroatoms. The second kappa shape index (κ2) is 33.4. The monoisotopic (exact) mass is 1760 g/mol. The van der Waals surface area contributed by atoms with Crippen LogP contribution >= 0.6 is 34.8 Å². The van der Waals surface area contributed by atoms with Gasteiger partial charge in [0.05, 0.1) is 31.8 Å². The number of carbonyl (C=O) groups is 3. The van der Waals surface area contributed by atoms with Gasteiger partial charge in [-0.3, -0.25) is 33.5 Å². The molecule has 630 valence electrons. The van der Waals surface area contributed by atoms with Crippen LogP contribution in [0, 0.1) is 0 Å². The molecule has 0 aliphatic carbocycles. The lowest BCUT2D eigenvalue weighted by molar-refractivity contribution is -0.292. The Morgan fingerprint density at radius 2 is 0.647 bits per heavy atom. The van der Waals surface area contributed by atoms with Gasteiger partial charge in [-0.1, -0.05) is 126 Å². The Labute approximate surface area is 665 Å². The predicted octanol–water partition coefficient (Wildman–Crippen LogP) is 18.4. The molecule has 6 aromatic heterocycles. The third kappa shape index (κ3) is 18.9. The minimum Gasteiger partial charge on any atom is -0.348 e. The van der Waals surface area contributed by atoms with Crippen LogP contribution in [0.4, 0.5) is 105 Å². The summed E-state index contributed by atoms with van der Waals surface area (Å²) in [4.78, 5) is 50.0. The number of nitrogens with one attached hydrogen (secondary N) is 4. The highest BCUT2D eigenvalue weighted by Gasteiger charge is 2.67. The van der Waals surface area contributed by atoms with Gasteiger partial charge in [-0.2, -0.15) is 131 Å². The van der Waals surface area contributed by atoms with Crippen LogP contribution in [0.15, 0.2) is 146 Å². The van der Waals surface area contributed by atoms with Crippen molar-refractivity contribution >= 4 is 52.5 Å². The minimum atomic E-state index is -6.35. The van der Waals surface area contributed by atoms with Gasteiger partial charge in [-0.05, 0) is 71.3 Å². The fourth-order valence-corrected chi connectivity index (χ4v) is 11.9. The highest BCUT2D eigenvalue weighted by Crippen LogP contribution is 2.54. The van der Waals surface area contributed by atoms with Gasteiger partial charge in [0.15, 0.2) is 46.2 Å². The van der Waals surface area contributed by atoms with Gasteiger partial charge in [-0.25, -0.2) is 24.3 Å². The summed E-state index contributed by atoms with van der Waals surface area (Å²) in [5.41, 5.74) is -15.4. The lowest BCUT2D eigenvalue weighted by Gasteiger charge is -2.19. The molecule has 6 aromatic carbocycles. The van der Waals surface area contributed by atoms with E-state index in [0.717, 1.165) is 54.2 Å². The topological polar surface area (TPSA) is 244 Å². The predicted molar refractivity (Wildman–Crippen MR) is 374 cm³/mol. The fraction of sp³-hybridized carbons (Fsp3) is 0.239. The molecule has 0 aliphatic rings. The first-order chi connectivity index (χ1) is 55.1. The van der Waals surface area contributed by atoms with Gasteiger partial charge in [0.25, 0.3) is 17.7 Å². The average molecular weight is 1760 g/mol. The van der Waals surface area contributed by atoms with E-state index in [1.165, 1.54) is 61.6 Å². The van der Waals surface area contributed by atoms with E-state index in [1.54, 1.807) is 91.0 Å². The zero-order chi connectivity index (χ0) is 88.0. The van der Waals surface area contributed by atoms with Crippen LogP contribution in [0.25, 0.3) is 68.7 Å². The van der Waals surface area contributed by atoms with Gasteiger partial charge in [-0.15, -0.1) is 5.10 Å². The first kappa shape index (κ1) is 89.3. The number of aryl methyl sites for hydroxylation is 5. The van der Waals surface area contributed by atoms with Crippen LogP contribution in [0.1, 0.15) is 81.5 Å². The molecule has 12 rings (SSSR count). The molecule has 21 nitrogen and oxygen atoms in total. The highest BCUT2D eigenvalue weighted by atomic mass is 35.5. The maximum atomic E-state index is 14.1. The van der Waals surface area contributed by atoms with Gasteiger partial charge in [0.1, 0.15) is 33.8 Å². The number of amides is 3. The van der Waals surface area contributed by atoms with Gasteiger partial charge < -0.3 is 16.0 Å². The maximum absolute atomic E-state index is 14.1. The molecule has 0 aliphatic heterocycles. The van der Waals surface area contributed by atoms with Gasteiger partial charge >= 0.3 is 54.8 Å². The Morgan fingerprint density at radius 3 is 1.02 bits per heavy atom. The molecule has 0 atom stereocenters. The SMILES string of the molecule is Cn1nc(-c2c(C(F)(F)F)c(C(F)(F)C(F)(F)F)nn2C)nc1-c1ccc(Cl)c(C(=O)NCc2ccccc2)c1.Cn1nc(-c2ccc(Cl)c(C(=O)NCc3ccccc3)c2)nc1-c1c(C(F)(F)F)c(C(F)(F)C(F)(F)F)nn1C.Cn1nc(C(F)(F)C(F)(F)F)c(C(F)(F)F)c1-c1nc(-c2ccc(Cl)c(C(=O)NCc3ccccc3)c2)n[nH]1. The number of carbonyl (C=O) groups excluding carboxylic acids is 3. The number of hydrogen-bond acceptors (Lipinski definition) is 12. The van der Waals surface area contributed by atoms with Crippen molar-refractivity contribution < 1.29 is 120 Å². The van der Waals surface area contributed by atoms with E-state index in [9.17, 15) is 120 Å². The number of halogens is 27. The molecular formula is C71H49Cl3F24N18O3. The molecule has 3 amide bonds. The van der Waals surface area contributed by atoms with E-state index < -0.39 is 141 Å². The Kier molecular flexibility index (Phi) is 25.1.